The van der Waals surface area contributed by atoms with Crippen molar-refractivity contribution >= 4 is 5.78 Å². The molecule has 0 saturated heterocycles. The maximum absolute atomic E-state index is 10.1. The maximum atomic E-state index is 10.1. The van der Waals surface area contributed by atoms with Crippen LogP contribution in [0.5, 0.6) is 0 Å². The first-order valence-corrected chi connectivity index (χ1v) is 3.37. The van der Waals surface area contributed by atoms with E-state index in [1.165, 1.54) is 6.92 Å². The number of carbonyl (C=O) groups excluding carboxylic acids is 1. The average Bonchev–Trinajstić information content (AvgIpc) is 1.91. The Hall–Kier alpha value is -0.370. The van der Waals surface area contributed by atoms with Gasteiger partial charge in [0.1, 0.15) is 6.10 Å². The molecule has 0 aliphatic heterocycles. The van der Waals surface area contributed by atoms with Crippen LogP contribution in [0.4, 0.5) is 0 Å². The molecule has 0 spiro atoms. The Bertz CT molecular complexity index is 69.3. The number of rotatable bonds is 2. The van der Waals surface area contributed by atoms with Crippen LogP contribution in [0, 0.1) is 0 Å². The summed E-state index contributed by atoms with van der Waals surface area (Å²) in [5, 5.41) is 8.59. The van der Waals surface area contributed by atoms with Crippen LogP contribution in [-0.4, -0.2) is 17.0 Å². The molecule has 0 aliphatic carbocycles. The fourth-order valence-corrected chi connectivity index (χ4v) is 0.287. The highest BCUT2D eigenvalue weighted by Gasteiger charge is 2.03. The molecule has 2 heteroatoms. The second-order valence-electron chi connectivity index (χ2n) is 1.53. The van der Waals surface area contributed by atoms with E-state index in [0.29, 0.717) is 6.42 Å². The van der Waals surface area contributed by atoms with Crippen LogP contribution >= 0.6 is 0 Å². The summed E-state index contributed by atoms with van der Waals surface area (Å²) in [4.78, 5) is 10.1. The topological polar surface area (TPSA) is 37.3 Å². The number of Topliss-reactive ketones (excluding diaryl/α,β-unsaturated/α-hetero) is 1. The van der Waals surface area contributed by atoms with Crippen LogP contribution in [-0.2, 0) is 4.79 Å². The Morgan fingerprint density at radius 2 is 1.89 bits per heavy atom. The average molecular weight is 132 g/mol. The van der Waals surface area contributed by atoms with E-state index in [4.69, 9.17) is 5.11 Å². The Kier molecular flexibility index (Phi) is 9.69. The summed E-state index contributed by atoms with van der Waals surface area (Å²) in [5.41, 5.74) is 0. The largest absolute Gasteiger partial charge is 0.385 e. The maximum Gasteiger partial charge on any atom is 0.158 e. The van der Waals surface area contributed by atoms with Crippen molar-refractivity contribution < 1.29 is 9.90 Å². The van der Waals surface area contributed by atoms with Gasteiger partial charge in [-0.25, -0.2) is 0 Å². The molecule has 1 N–H and O–H groups in total. The van der Waals surface area contributed by atoms with E-state index >= 15 is 0 Å². The zero-order valence-electron chi connectivity index (χ0n) is 6.64. The molecule has 0 aromatic carbocycles. The van der Waals surface area contributed by atoms with E-state index in [-0.39, 0.29) is 5.78 Å². The SMILES string of the molecule is CC.CCC(O)C(C)=O. The minimum absolute atomic E-state index is 0.150. The third kappa shape index (κ3) is 7.63. The lowest BCUT2D eigenvalue weighted by atomic mass is 10.2. The van der Waals surface area contributed by atoms with Gasteiger partial charge in [-0.2, -0.15) is 0 Å². The van der Waals surface area contributed by atoms with Crippen molar-refractivity contribution in [3.05, 3.63) is 0 Å². The van der Waals surface area contributed by atoms with Crippen molar-refractivity contribution in [1.29, 1.82) is 0 Å². The van der Waals surface area contributed by atoms with Gasteiger partial charge in [0, 0.05) is 0 Å². The molecule has 56 valence electrons. The molecule has 0 aliphatic rings. The van der Waals surface area contributed by atoms with E-state index in [1.54, 1.807) is 6.92 Å². The molecule has 0 heterocycles. The lowest BCUT2D eigenvalue weighted by molar-refractivity contribution is -0.124. The Labute approximate surface area is 56.9 Å². The van der Waals surface area contributed by atoms with E-state index in [1.807, 2.05) is 13.8 Å². The number of hydrogen-bond acceptors (Lipinski definition) is 2. The zero-order valence-corrected chi connectivity index (χ0v) is 6.64. The summed E-state index contributed by atoms with van der Waals surface area (Å²) in [7, 11) is 0. The van der Waals surface area contributed by atoms with Gasteiger partial charge in [-0.05, 0) is 13.3 Å². The summed E-state index contributed by atoms with van der Waals surface area (Å²) in [6, 6.07) is 0. The lowest BCUT2D eigenvalue weighted by Crippen LogP contribution is -2.14. The molecule has 0 rings (SSSR count). The number of ketones is 1. The number of hydrogen-bond donors (Lipinski definition) is 1. The third-order valence-corrected chi connectivity index (χ3v) is 0.856. The minimum atomic E-state index is -0.736. The van der Waals surface area contributed by atoms with E-state index < -0.39 is 6.10 Å². The molecular weight excluding hydrogens is 116 g/mol. The van der Waals surface area contributed by atoms with Crippen molar-refractivity contribution in [2.75, 3.05) is 0 Å². The first kappa shape index (κ1) is 11.4. The van der Waals surface area contributed by atoms with Gasteiger partial charge in [-0.15, -0.1) is 0 Å². The van der Waals surface area contributed by atoms with E-state index in [2.05, 4.69) is 0 Å². The molecule has 0 bridgehead atoms. The van der Waals surface area contributed by atoms with Crippen molar-refractivity contribution in [3.63, 3.8) is 0 Å². The molecule has 0 amide bonds. The smallest absolute Gasteiger partial charge is 0.158 e. The summed E-state index contributed by atoms with van der Waals surface area (Å²) in [5.74, 6) is -0.150. The Morgan fingerprint density at radius 1 is 1.56 bits per heavy atom. The van der Waals surface area contributed by atoms with Gasteiger partial charge in [0.2, 0.25) is 0 Å². The van der Waals surface area contributed by atoms with Crippen molar-refractivity contribution in [1.82, 2.24) is 0 Å². The molecule has 2 nitrogen and oxygen atoms in total. The number of carbonyl (C=O) groups is 1. The number of aliphatic hydroxyl groups is 1. The molecule has 1 unspecified atom stereocenters. The summed E-state index contributed by atoms with van der Waals surface area (Å²) in [6.07, 6.45) is -0.213. The second-order valence-corrected chi connectivity index (χ2v) is 1.53. The van der Waals surface area contributed by atoms with Gasteiger partial charge >= 0.3 is 0 Å². The first-order valence-electron chi connectivity index (χ1n) is 3.37. The normalized spacial score (nSPS) is 11.2. The van der Waals surface area contributed by atoms with Gasteiger partial charge < -0.3 is 5.11 Å². The highest BCUT2D eigenvalue weighted by atomic mass is 16.3. The van der Waals surface area contributed by atoms with Gasteiger partial charge in [0.05, 0.1) is 0 Å². The second kappa shape index (κ2) is 7.63. The quantitative estimate of drug-likeness (QED) is 0.616. The monoisotopic (exact) mass is 132 g/mol. The first-order chi connectivity index (χ1) is 4.18. The van der Waals surface area contributed by atoms with Crippen molar-refractivity contribution in [2.24, 2.45) is 0 Å². The molecule has 9 heavy (non-hydrogen) atoms. The number of aliphatic hydroxyl groups excluding tert-OH is 1. The zero-order chi connectivity index (χ0) is 7.86. The van der Waals surface area contributed by atoms with Gasteiger partial charge in [-0.3, -0.25) is 4.79 Å². The van der Waals surface area contributed by atoms with Crippen molar-refractivity contribution in [2.45, 2.75) is 40.2 Å². The third-order valence-electron chi connectivity index (χ3n) is 0.856. The molecule has 0 radical (unpaired) electrons. The highest BCUT2D eigenvalue weighted by molar-refractivity contribution is 5.79. The molecule has 0 saturated carbocycles. The van der Waals surface area contributed by atoms with Crippen LogP contribution in [0.1, 0.15) is 34.1 Å². The minimum Gasteiger partial charge on any atom is -0.385 e. The standard InChI is InChI=1S/C5H10O2.C2H6/c1-3-5(7)4(2)6;1-2/h5,7H,3H2,1-2H3;1-2H3. The Morgan fingerprint density at radius 3 is 1.89 bits per heavy atom. The molecule has 1 atom stereocenters. The van der Waals surface area contributed by atoms with Crippen LogP contribution in [0.2, 0.25) is 0 Å². The fourth-order valence-electron chi connectivity index (χ4n) is 0.287. The predicted molar refractivity (Wildman–Crippen MR) is 38.3 cm³/mol. The summed E-state index contributed by atoms with van der Waals surface area (Å²) in [6.45, 7) is 7.15. The molecule has 0 aromatic rings. The fraction of sp³-hybridized carbons (Fsp3) is 0.857. The molecule has 0 fully saturated rings. The lowest BCUT2D eigenvalue weighted by Gasteiger charge is -1.97. The van der Waals surface area contributed by atoms with Crippen LogP contribution in [0.3, 0.4) is 0 Å². The predicted octanol–water partition coefficient (Wildman–Crippen LogP) is 1.37. The van der Waals surface area contributed by atoms with E-state index in [9.17, 15) is 4.79 Å². The van der Waals surface area contributed by atoms with E-state index in [0.717, 1.165) is 0 Å². The van der Waals surface area contributed by atoms with Crippen LogP contribution in [0.15, 0.2) is 0 Å². The van der Waals surface area contributed by atoms with Gasteiger partial charge in [0.25, 0.3) is 0 Å². The summed E-state index contributed by atoms with van der Waals surface area (Å²) < 4.78 is 0. The molecule has 0 aromatic heterocycles. The van der Waals surface area contributed by atoms with Crippen LogP contribution in [0.25, 0.3) is 0 Å². The Balaban J connectivity index is 0. The highest BCUT2D eigenvalue weighted by Crippen LogP contribution is 1.88. The van der Waals surface area contributed by atoms with Crippen LogP contribution < -0.4 is 0 Å². The van der Waals surface area contributed by atoms with Gasteiger partial charge in [0.15, 0.2) is 5.78 Å². The summed E-state index contributed by atoms with van der Waals surface area (Å²) >= 11 is 0. The van der Waals surface area contributed by atoms with Crippen molar-refractivity contribution in [3.8, 4) is 0 Å². The molecular formula is C7H16O2. The van der Waals surface area contributed by atoms with Gasteiger partial charge in [-0.1, -0.05) is 20.8 Å².